The highest BCUT2D eigenvalue weighted by Gasteiger charge is 2.05. The summed E-state index contributed by atoms with van der Waals surface area (Å²) in [6.45, 7) is 0.640. The van der Waals surface area contributed by atoms with Crippen LogP contribution >= 0.6 is 0 Å². The Morgan fingerprint density at radius 1 is 1.28 bits per heavy atom. The number of halogens is 1. The Morgan fingerprint density at radius 2 is 2.11 bits per heavy atom. The van der Waals surface area contributed by atoms with Gasteiger partial charge in [0.1, 0.15) is 5.82 Å². The topological polar surface area (TPSA) is 54.3 Å². The molecule has 4 nitrogen and oxygen atoms in total. The highest BCUT2D eigenvalue weighted by Crippen LogP contribution is 2.11. The zero-order valence-electron chi connectivity index (χ0n) is 9.65. The van der Waals surface area contributed by atoms with Crippen molar-refractivity contribution in [1.82, 2.24) is 5.32 Å². The van der Waals surface area contributed by atoms with Gasteiger partial charge >= 0.3 is 0 Å². The maximum atomic E-state index is 13.2. The number of furan rings is 1. The molecular weight excluding hydrogens is 235 g/mol. The monoisotopic (exact) mass is 248 g/mol. The SMILES string of the molecule is O=C(CNCc1ccoc1)Nc1ccccc1F. The van der Waals surface area contributed by atoms with Crippen LogP contribution in [0, 0.1) is 5.82 Å². The molecular formula is C13H13FN2O2. The van der Waals surface area contributed by atoms with E-state index >= 15 is 0 Å². The van der Waals surface area contributed by atoms with E-state index in [9.17, 15) is 9.18 Å². The molecule has 18 heavy (non-hydrogen) atoms. The predicted molar refractivity (Wildman–Crippen MR) is 65.4 cm³/mol. The van der Waals surface area contributed by atoms with Gasteiger partial charge < -0.3 is 15.1 Å². The van der Waals surface area contributed by atoms with Crippen LogP contribution in [0.15, 0.2) is 47.3 Å². The summed E-state index contributed by atoms with van der Waals surface area (Å²) in [4.78, 5) is 11.5. The fourth-order valence-corrected chi connectivity index (χ4v) is 1.47. The lowest BCUT2D eigenvalue weighted by molar-refractivity contribution is -0.115. The Bertz CT molecular complexity index is 511. The third-order valence-corrected chi connectivity index (χ3v) is 2.34. The Labute approximate surface area is 104 Å². The van der Waals surface area contributed by atoms with E-state index in [-0.39, 0.29) is 18.1 Å². The van der Waals surface area contributed by atoms with Crippen molar-refractivity contribution in [2.75, 3.05) is 11.9 Å². The van der Waals surface area contributed by atoms with Crippen molar-refractivity contribution in [3.63, 3.8) is 0 Å². The lowest BCUT2D eigenvalue weighted by atomic mass is 10.3. The molecule has 0 fully saturated rings. The van der Waals surface area contributed by atoms with Crippen molar-refractivity contribution >= 4 is 11.6 Å². The lowest BCUT2D eigenvalue weighted by Gasteiger charge is -2.06. The van der Waals surface area contributed by atoms with Gasteiger partial charge in [-0.3, -0.25) is 4.79 Å². The van der Waals surface area contributed by atoms with Gasteiger partial charge in [0.2, 0.25) is 5.91 Å². The molecule has 0 aliphatic heterocycles. The number of para-hydroxylation sites is 1. The number of nitrogens with one attached hydrogen (secondary N) is 2. The molecule has 0 aliphatic rings. The Kier molecular flexibility index (Phi) is 4.09. The predicted octanol–water partition coefficient (Wildman–Crippen LogP) is 2.15. The van der Waals surface area contributed by atoms with Crippen molar-refractivity contribution in [3.8, 4) is 0 Å². The van der Waals surface area contributed by atoms with E-state index in [1.54, 1.807) is 24.7 Å². The first-order chi connectivity index (χ1) is 8.75. The summed E-state index contributed by atoms with van der Waals surface area (Å²) in [5.74, 6) is -0.732. The van der Waals surface area contributed by atoms with Gasteiger partial charge in [-0.05, 0) is 18.2 Å². The zero-order chi connectivity index (χ0) is 12.8. The second-order valence-electron chi connectivity index (χ2n) is 3.76. The number of carbonyl (C=O) groups is 1. The molecule has 0 saturated heterocycles. The van der Waals surface area contributed by atoms with Crippen LogP contribution in [0.25, 0.3) is 0 Å². The Morgan fingerprint density at radius 3 is 2.83 bits per heavy atom. The summed E-state index contributed by atoms with van der Waals surface area (Å²) in [6.07, 6.45) is 3.16. The fourth-order valence-electron chi connectivity index (χ4n) is 1.47. The van der Waals surface area contributed by atoms with Crippen LogP contribution in [0.3, 0.4) is 0 Å². The van der Waals surface area contributed by atoms with Crippen LogP contribution in [-0.4, -0.2) is 12.5 Å². The normalized spacial score (nSPS) is 10.3. The molecule has 0 radical (unpaired) electrons. The van der Waals surface area contributed by atoms with E-state index in [0.717, 1.165) is 5.56 Å². The molecule has 0 bridgehead atoms. The van der Waals surface area contributed by atoms with Gasteiger partial charge in [0.25, 0.3) is 0 Å². The number of amides is 1. The molecule has 0 saturated carbocycles. The van der Waals surface area contributed by atoms with Crippen LogP contribution < -0.4 is 10.6 Å². The molecule has 1 aromatic carbocycles. The molecule has 2 N–H and O–H groups in total. The summed E-state index contributed by atoms with van der Waals surface area (Å²) < 4.78 is 18.1. The quantitative estimate of drug-likeness (QED) is 0.852. The fraction of sp³-hybridized carbons (Fsp3) is 0.154. The molecule has 2 rings (SSSR count). The maximum absolute atomic E-state index is 13.2. The molecule has 1 aromatic heterocycles. The first kappa shape index (κ1) is 12.3. The van der Waals surface area contributed by atoms with Crippen LogP contribution in [0.4, 0.5) is 10.1 Å². The van der Waals surface area contributed by atoms with E-state index in [1.165, 1.54) is 12.1 Å². The minimum Gasteiger partial charge on any atom is -0.472 e. The molecule has 1 heterocycles. The molecule has 0 unspecified atom stereocenters. The van der Waals surface area contributed by atoms with Gasteiger partial charge in [0.05, 0.1) is 24.8 Å². The third-order valence-electron chi connectivity index (χ3n) is 2.34. The lowest BCUT2D eigenvalue weighted by Crippen LogP contribution is -2.27. The van der Waals surface area contributed by atoms with Gasteiger partial charge in [-0.1, -0.05) is 12.1 Å². The van der Waals surface area contributed by atoms with Crippen molar-refractivity contribution in [2.45, 2.75) is 6.54 Å². The van der Waals surface area contributed by atoms with Crippen LogP contribution in [0.2, 0.25) is 0 Å². The minimum atomic E-state index is -0.444. The van der Waals surface area contributed by atoms with Gasteiger partial charge in [-0.25, -0.2) is 4.39 Å². The highest BCUT2D eigenvalue weighted by molar-refractivity contribution is 5.92. The standard InChI is InChI=1S/C13H13FN2O2/c14-11-3-1-2-4-12(11)16-13(17)8-15-7-10-5-6-18-9-10/h1-6,9,15H,7-8H2,(H,16,17). The number of benzene rings is 1. The van der Waals surface area contributed by atoms with Crippen molar-refractivity contribution in [1.29, 1.82) is 0 Å². The second-order valence-corrected chi connectivity index (χ2v) is 3.76. The molecule has 0 aliphatic carbocycles. The van der Waals surface area contributed by atoms with Crippen molar-refractivity contribution in [2.24, 2.45) is 0 Å². The van der Waals surface area contributed by atoms with E-state index in [2.05, 4.69) is 10.6 Å². The summed E-state index contributed by atoms with van der Waals surface area (Å²) in [5, 5.41) is 5.42. The summed E-state index contributed by atoms with van der Waals surface area (Å²) in [6, 6.07) is 7.86. The summed E-state index contributed by atoms with van der Waals surface area (Å²) in [5.41, 5.74) is 1.14. The smallest absolute Gasteiger partial charge is 0.238 e. The number of hydrogen-bond donors (Lipinski definition) is 2. The van der Waals surface area contributed by atoms with Gasteiger partial charge in [-0.15, -0.1) is 0 Å². The molecule has 0 spiro atoms. The minimum absolute atomic E-state index is 0.111. The molecule has 0 atom stereocenters. The highest BCUT2D eigenvalue weighted by atomic mass is 19.1. The molecule has 5 heteroatoms. The van der Waals surface area contributed by atoms with E-state index in [4.69, 9.17) is 4.42 Å². The molecule has 2 aromatic rings. The first-order valence-electron chi connectivity index (χ1n) is 5.52. The first-order valence-corrected chi connectivity index (χ1v) is 5.52. The Hall–Kier alpha value is -2.14. The van der Waals surface area contributed by atoms with Gasteiger partial charge in [0, 0.05) is 12.1 Å². The van der Waals surface area contributed by atoms with E-state index in [0.29, 0.717) is 6.54 Å². The van der Waals surface area contributed by atoms with Crippen molar-refractivity contribution in [3.05, 3.63) is 54.2 Å². The Balaban J connectivity index is 1.77. The molecule has 94 valence electrons. The molecule has 1 amide bonds. The number of carbonyl (C=O) groups excluding carboxylic acids is 1. The average Bonchev–Trinajstić information content (AvgIpc) is 2.85. The van der Waals surface area contributed by atoms with Crippen LogP contribution in [0.1, 0.15) is 5.56 Å². The van der Waals surface area contributed by atoms with E-state index in [1.807, 2.05) is 6.07 Å². The largest absolute Gasteiger partial charge is 0.472 e. The average molecular weight is 248 g/mol. The van der Waals surface area contributed by atoms with Crippen LogP contribution in [0.5, 0.6) is 0 Å². The zero-order valence-corrected chi connectivity index (χ0v) is 9.65. The second kappa shape index (κ2) is 5.97. The number of anilines is 1. The summed E-state index contributed by atoms with van der Waals surface area (Å²) in [7, 11) is 0. The maximum Gasteiger partial charge on any atom is 0.238 e. The third kappa shape index (κ3) is 3.43. The van der Waals surface area contributed by atoms with Crippen molar-refractivity contribution < 1.29 is 13.6 Å². The van der Waals surface area contributed by atoms with E-state index < -0.39 is 5.82 Å². The number of hydrogen-bond acceptors (Lipinski definition) is 3. The summed E-state index contributed by atoms with van der Waals surface area (Å²) >= 11 is 0. The van der Waals surface area contributed by atoms with Gasteiger partial charge in [-0.2, -0.15) is 0 Å². The van der Waals surface area contributed by atoms with Crippen LogP contribution in [-0.2, 0) is 11.3 Å². The number of rotatable bonds is 5. The van der Waals surface area contributed by atoms with Gasteiger partial charge in [0.15, 0.2) is 0 Å².